The van der Waals surface area contributed by atoms with E-state index < -0.39 is 47.2 Å². The molecular weight excluding hydrogens is 502 g/mol. The van der Waals surface area contributed by atoms with Gasteiger partial charge in [-0.25, -0.2) is 18.0 Å². The van der Waals surface area contributed by atoms with Gasteiger partial charge in [-0.05, 0) is 48.4 Å². The number of carbonyl (C=O) groups is 1. The maximum absolute atomic E-state index is 14.9. The van der Waals surface area contributed by atoms with E-state index in [2.05, 4.69) is 0 Å². The third kappa shape index (κ3) is 6.14. The Morgan fingerprint density at radius 1 is 0.919 bits per heavy atom. The van der Waals surface area contributed by atoms with E-state index >= 15 is 0 Å². The third-order valence-corrected chi connectivity index (χ3v) is 5.87. The number of halogens is 6. The summed E-state index contributed by atoms with van der Waals surface area (Å²) in [5, 5.41) is 0. The van der Waals surface area contributed by atoms with Crippen molar-refractivity contribution in [3.05, 3.63) is 88.7 Å². The molecule has 4 nitrogen and oxygen atoms in total. The van der Waals surface area contributed by atoms with Gasteiger partial charge >= 0.3 is 12.1 Å². The Hall–Kier alpha value is -3.37. The number of benzene rings is 3. The van der Waals surface area contributed by atoms with Crippen molar-refractivity contribution >= 4 is 5.97 Å². The van der Waals surface area contributed by atoms with Gasteiger partial charge in [0.15, 0.2) is 6.29 Å². The molecular formula is C27H22F6O4. The van der Waals surface area contributed by atoms with Crippen LogP contribution in [0.1, 0.15) is 47.5 Å². The van der Waals surface area contributed by atoms with Gasteiger partial charge in [-0.3, -0.25) is 0 Å². The summed E-state index contributed by atoms with van der Waals surface area (Å²) in [6.07, 6.45) is -3.86. The van der Waals surface area contributed by atoms with Crippen molar-refractivity contribution in [3.63, 3.8) is 0 Å². The molecule has 0 atom stereocenters. The fraction of sp³-hybridized carbons (Fsp3) is 0.296. The molecule has 0 spiro atoms. The Labute approximate surface area is 208 Å². The summed E-state index contributed by atoms with van der Waals surface area (Å²) in [5.74, 6) is -4.48. The summed E-state index contributed by atoms with van der Waals surface area (Å²) in [5.41, 5.74) is -1.54. The minimum Gasteiger partial charge on any atom is -0.423 e. The van der Waals surface area contributed by atoms with E-state index in [0.29, 0.717) is 25.3 Å². The number of alkyl halides is 3. The molecule has 1 fully saturated rings. The second-order valence-electron chi connectivity index (χ2n) is 8.62. The molecule has 0 unspecified atom stereocenters. The summed E-state index contributed by atoms with van der Waals surface area (Å²) in [4.78, 5) is 12.3. The molecule has 3 aromatic rings. The monoisotopic (exact) mass is 524 g/mol. The lowest BCUT2D eigenvalue weighted by Crippen LogP contribution is -2.27. The highest BCUT2D eigenvalue weighted by atomic mass is 19.4. The van der Waals surface area contributed by atoms with Crippen LogP contribution in [0.5, 0.6) is 5.75 Å². The molecule has 196 valence electrons. The van der Waals surface area contributed by atoms with Crippen LogP contribution in [0.25, 0.3) is 11.1 Å². The molecule has 0 saturated carbocycles. The average Bonchev–Trinajstić information content (AvgIpc) is 2.84. The lowest BCUT2D eigenvalue weighted by molar-refractivity contribution is -0.206. The number of carbonyl (C=O) groups excluding carboxylic acids is 1. The van der Waals surface area contributed by atoms with Crippen LogP contribution in [0.4, 0.5) is 26.3 Å². The Kier molecular flexibility index (Phi) is 7.89. The van der Waals surface area contributed by atoms with E-state index in [-0.39, 0.29) is 28.2 Å². The Morgan fingerprint density at radius 2 is 1.54 bits per heavy atom. The number of ether oxygens (including phenoxy) is 3. The Morgan fingerprint density at radius 3 is 2.08 bits per heavy atom. The first kappa shape index (κ1) is 26.7. The van der Waals surface area contributed by atoms with Gasteiger partial charge in [0.2, 0.25) is 0 Å². The van der Waals surface area contributed by atoms with Gasteiger partial charge in [0, 0.05) is 17.5 Å². The zero-order valence-corrected chi connectivity index (χ0v) is 19.6. The van der Waals surface area contributed by atoms with Crippen LogP contribution in [0.2, 0.25) is 0 Å². The zero-order valence-electron chi connectivity index (χ0n) is 19.6. The first-order valence-electron chi connectivity index (χ1n) is 11.5. The molecule has 0 aromatic heterocycles. The number of esters is 1. The van der Waals surface area contributed by atoms with E-state index in [1.54, 1.807) is 0 Å². The van der Waals surface area contributed by atoms with E-state index in [1.807, 2.05) is 6.92 Å². The summed E-state index contributed by atoms with van der Waals surface area (Å²) in [6.45, 7) is 2.91. The minimum absolute atomic E-state index is 0.0628. The largest absolute Gasteiger partial charge is 0.423 e. The van der Waals surface area contributed by atoms with Gasteiger partial charge in [-0.1, -0.05) is 25.5 Å². The molecule has 1 aliphatic heterocycles. The molecule has 4 rings (SSSR count). The highest BCUT2D eigenvalue weighted by Gasteiger charge is 2.34. The maximum atomic E-state index is 14.9. The highest BCUT2D eigenvalue weighted by Crippen LogP contribution is 2.34. The van der Waals surface area contributed by atoms with Gasteiger partial charge in [-0.2, -0.15) is 13.2 Å². The number of hydrogen-bond acceptors (Lipinski definition) is 4. The Balaban J connectivity index is 1.46. The molecule has 1 aliphatic rings. The lowest BCUT2D eigenvalue weighted by Gasteiger charge is -2.29. The van der Waals surface area contributed by atoms with Gasteiger partial charge in [0.25, 0.3) is 0 Å². The number of hydrogen-bond donors (Lipinski definition) is 0. The van der Waals surface area contributed by atoms with E-state index in [4.69, 9.17) is 14.2 Å². The van der Waals surface area contributed by atoms with Crippen LogP contribution < -0.4 is 4.74 Å². The summed E-state index contributed by atoms with van der Waals surface area (Å²) >= 11 is 0. The second kappa shape index (κ2) is 10.9. The SMILES string of the molecule is CCCC1COC(c2cc(F)c(-c3ccc(C(=O)Oc4ccc(C(F)(F)F)c(F)c4)cc3)c(F)c2)OC1. The van der Waals surface area contributed by atoms with Crippen LogP contribution in [0.3, 0.4) is 0 Å². The van der Waals surface area contributed by atoms with Crippen molar-refractivity contribution in [1.29, 1.82) is 0 Å². The van der Waals surface area contributed by atoms with Gasteiger partial charge in [0.05, 0.1) is 29.9 Å². The Bertz CT molecular complexity index is 1240. The summed E-state index contributed by atoms with van der Waals surface area (Å²) < 4.78 is 97.7. The van der Waals surface area contributed by atoms with E-state index in [9.17, 15) is 31.1 Å². The van der Waals surface area contributed by atoms with Crippen molar-refractivity contribution in [2.24, 2.45) is 5.92 Å². The topological polar surface area (TPSA) is 44.8 Å². The first-order valence-corrected chi connectivity index (χ1v) is 11.5. The van der Waals surface area contributed by atoms with Crippen LogP contribution >= 0.6 is 0 Å². The molecule has 3 aromatic carbocycles. The smallest absolute Gasteiger partial charge is 0.419 e. The predicted octanol–water partition coefficient (Wildman–Crippen LogP) is 7.47. The van der Waals surface area contributed by atoms with Crippen molar-refractivity contribution in [2.45, 2.75) is 32.2 Å². The lowest BCUT2D eigenvalue weighted by atomic mass is 10.00. The van der Waals surface area contributed by atoms with Gasteiger partial charge < -0.3 is 14.2 Å². The second-order valence-corrected chi connectivity index (χ2v) is 8.62. The molecule has 0 amide bonds. The molecule has 0 aliphatic carbocycles. The van der Waals surface area contributed by atoms with Crippen LogP contribution in [0.15, 0.2) is 54.6 Å². The molecule has 0 N–H and O–H groups in total. The molecule has 0 bridgehead atoms. The van der Waals surface area contributed by atoms with Crippen molar-refractivity contribution in [3.8, 4) is 16.9 Å². The maximum Gasteiger partial charge on any atom is 0.419 e. The van der Waals surface area contributed by atoms with Crippen LogP contribution in [-0.2, 0) is 15.7 Å². The molecule has 37 heavy (non-hydrogen) atoms. The molecule has 0 radical (unpaired) electrons. The summed E-state index contributed by atoms with van der Waals surface area (Å²) in [7, 11) is 0. The normalized spacial score (nSPS) is 18.0. The minimum atomic E-state index is -4.89. The molecule has 1 heterocycles. The first-order chi connectivity index (χ1) is 17.6. The predicted molar refractivity (Wildman–Crippen MR) is 121 cm³/mol. The fourth-order valence-corrected chi connectivity index (χ4v) is 4.04. The summed E-state index contributed by atoms with van der Waals surface area (Å²) in [6, 6.07) is 9.01. The zero-order chi connectivity index (χ0) is 26.7. The average molecular weight is 524 g/mol. The van der Waals surface area contributed by atoms with E-state index in [1.165, 1.54) is 24.3 Å². The van der Waals surface area contributed by atoms with Gasteiger partial charge in [0.1, 0.15) is 23.2 Å². The van der Waals surface area contributed by atoms with Crippen molar-refractivity contribution in [2.75, 3.05) is 13.2 Å². The third-order valence-electron chi connectivity index (χ3n) is 5.87. The molecule has 1 saturated heterocycles. The standard InChI is InChI=1S/C27H22F6O4/c1-2-3-15-13-35-26(36-14-15)18-10-22(29)24(23(30)11-18)16-4-6-17(7-5-16)25(34)37-19-8-9-20(21(28)12-19)27(31,32)33/h4-12,15,26H,2-3,13-14H2,1H3. The quantitative estimate of drug-likeness (QED) is 0.191. The van der Waals surface area contributed by atoms with E-state index in [0.717, 1.165) is 31.0 Å². The van der Waals surface area contributed by atoms with Crippen molar-refractivity contribution < 1.29 is 45.3 Å². The van der Waals surface area contributed by atoms with Crippen LogP contribution in [0, 0.1) is 23.4 Å². The van der Waals surface area contributed by atoms with Crippen LogP contribution in [-0.4, -0.2) is 19.2 Å². The number of rotatable bonds is 6. The van der Waals surface area contributed by atoms with Gasteiger partial charge in [-0.15, -0.1) is 0 Å². The van der Waals surface area contributed by atoms with Crippen molar-refractivity contribution in [1.82, 2.24) is 0 Å². The fourth-order valence-electron chi connectivity index (χ4n) is 4.04. The highest BCUT2D eigenvalue weighted by molar-refractivity contribution is 5.91. The molecule has 10 heteroatoms.